The normalized spacial score (nSPS) is 24.0. The number of likely N-dealkylation sites (tertiary alicyclic amines) is 1. The monoisotopic (exact) mass is 237 g/mol. The molecule has 1 spiro atoms. The molecule has 2 heterocycles. The Morgan fingerprint density at radius 1 is 1.47 bits per heavy atom. The quantitative estimate of drug-likeness (QED) is 0.805. The summed E-state index contributed by atoms with van der Waals surface area (Å²) in [6.07, 6.45) is 4.89. The van der Waals surface area contributed by atoms with Gasteiger partial charge in [-0.15, -0.1) is 0 Å². The Bertz CT molecular complexity index is 399. The average molecular weight is 237 g/mol. The Hall–Kier alpha value is -0.900. The van der Waals surface area contributed by atoms with Crippen LogP contribution in [0.3, 0.4) is 0 Å². The third-order valence-corrected chi connectivity index (χ3v) is 4.12. The summed E-state index contributed by atoms with van der Waals surface area (Å²) in [5.74, 6) is 0. The van der Waals surface area contributed by atoms with Crippen LogP contribution in [-0.4, -0.2) is 33.7 Å². The summed E-state index contributed by atoms with van der Waals surface area (Å²) >= 11 is 0. The average Bonchev–Trinajstić information content (AvgIpc) is 2.60. The van der Waals surface area contributed by atoms with E-state index in [1.54, 1.807) is 0 Å². The van der Waals surface area contributed by atoms with Gasteiger partial charge in [-0.3, -0.25) is 4.90 Å². The highest BCUT2D eigenvalue weighted by molar-refractivity contribution is 5.08. The van der Waals surface area contributed by atoms with Crippen LogP contribution in [-0.2, 0) is 6.54 Å². The number of hydrogen-bond donors (Lipinski definition) is 0. The van der Waals surface area contributed by atoms with Crippen molar-refractivity contribution in [3.63, 3.8) is 0 Å². The summed E-state index contributed by atoms with van der Waals surface area (Å²) in [7, 11) is 0. The SMILES string of the molecule is CC(C)n1cncc1CN1CC2(CC(F)C2)C1. The molecule has 0 atom stereocenters. The van der Waals surface area contributed by atoms with E-state index in [1.807, 2.05) is 12.5 Å². The predicted octanol–water partition coefficient (Wildman–Crippen LogP) is 2.40. The molecule has 1 aliphatic carbocycles. The molecule has 1 saturated carbocycles. The lowest BCUT2D eigenvalue weighted by molar-refractivity contribution is -0.106. The summed E-state index contributed by atoms with van der Waals surface area (Å²) in [6.45, 7) is 7.43. The molecule has 0 unspecified atom stereocenters. The Balaban J connectivity index is 1.57. The van der Waals surface area contributed by atoms with Crippen LogP contribution >= 0.6 is 0 Å². The standard InChI is InChI=1S/C13H20FN3/c1-10(2)17-9-15-5-12(17)6-16-7-13(8-16)3-11(14)4-13/h5,9-11H,3-4,6-8H2,1-2H3. The lowest BCUT2D eigenvalue weighted by atomic mass is 9.62. The van der Waals surface area contributed by atoms with Crippen molar-refractivity contribution in [1.29, 1.82) is 0 Å². The van der Waals surface area contributed by atoms with Gasteiger partial charge in [-0.05, 0) is 26.7 Å². The fraction of sp³-hybridized carbons (Fsp3) is 0.769. The maximum Gasteiger partial charge on any atom is 0.101 e. The second kappa shape index (κ2) is 3.80. The molecule has 94 valence electrons. The maximum atomic E-state index is 12.9. The predicted molar refractivity (Wildman–Crippen MR) is 64.5 cm³/mol. The Labute approximate surface area is 102 Å². The molecule has 1 aromatic heterocycles. The lowest BCUT2D eigenvalue weighted by Crippen LogP contribution is -2.62. The van der Waals surface area contributed by atoms with E-state index >= 15 is 0 Å². The van der Waals surface area contributed by atoms with Gasteiger partial charge in [0.25, 0.3) is 0 Å². The van der Waals surface area contributed by atoms with E-state index in [1.165, 1.54) is 5.69 Å². The molecule has 0 N–H and O–H groups in total. The van der Waals surface area contributed by atoms with Gasteiger partial charge in [0.2, 0.25) is 0 Å². The van der Waals surface area contributed by atoms with Gasteiger partial charge in [0, 0.05) is 37.3 Å². The smallest absolute Gasteiger partial charge is 0.101 e. The van der Waals surface area contributed by atoms with Gasteiger partial charge in [-0.2, -0.15) is 0 Å². The van der Waals surface area contributed by atoms with Crippen LogP contribution in [0.5, 0.6) is 0 Å². The number of rotatable bonds is 3. The van der Waals surface area contributed by atoms with Gasteiger partial charge in [-0.25, -0.2) is 9.37 Å². The first-order valence-corrected chi connectivity index (χ1v) is 6.45. The topological polar surface area (TPSA) is 21.1 Å². The minimum Gasteiger partial charge on any atom is -0.331 e. The van der Waals surface area contributed by atoms with E-state index in [2.05, 4.69) is 28.3 Å². The molecule has 1 aliphatic heterocycles. The zero-order valence-corrected chi connectivity index (χ0v) is 10.6. The molecule has 2 aliphatic rings. The summed E-state index contributed by atoms with van der Waals surface area (Å²) in [5, 5.41) is 0. The van der Waals surface area contributed by atoms with Crippen LogP contribution in [0.2, 0.25) is 0 Å². The van der Waals surface area contributed by atoms with Crippen molar-refractivity contribution in [1.82, 2.24) is 14.5 Å². The summed E-state index contributed by atoms with van der Waals surface area (Å²) in [6, 6.07) is 0.460. The summed E-state index contributed by atoms with van der Waals surface area (Å²) in [5.41, 5.74) is 1.60. The first-order chi connectivity index (χ1) is 8.08. The molecule has 1 saturated heterocycles. The number of halogens is 1. The van der Waals surface area contributed by atoms with Crippen molar-refractivity contribution in [3.05, 3.63) is 18.2 Å². The number of aromatic nitrogens is 2. The number of nitrogens with zero attached hydrogens (tertiary/aromatic N) is 3. The van der Waals surface area contributed by atoms with Gasteiger partial charge in [0.1, 0.15) is 6.17 Å². The van der Waals surface area contributed by atoms with Gasteiger partial charge < -0.3 is 4.57 Å². The van der Waals surface area contributed by atoms with E-state index < -0.39 is 6.17 Å². The highest BCUT2D eigenvalue weighted by Gasteiger charge is 2.52. The van der Waals surface area contributed by atoms with Crippen molar-refractivity contribution < 1.29 is 4.39 Å². The molecule has 2 fully saturated rings. The Kier molecular flexibility index (Phi) is 2.51. The molecule has 0 aromatic carbocycles. The molecular formula is C13H20FN3. The van der Waals surface area contributed by atoms with Crippen molar-refractivity contribution in [2.45, 2.75) is 45.4 Å². The highest BCUT2D eigenvalue weighted by atomic mass is 19.1. The number of hydrogen-bond acceptors (Lipinski definition) is 2. The third kappa shape index (κ3) is 1.88. The Morgan fingerprint density at radius 3 is 2.76 bits per heavy atom. The van der Waals surface area contributed by atoms with Crippen molar-refractivity contribution in [2.75, 3.05) is 13.1 Å². The molecule has 3 rings (SSSR count). The van der Waals surface area contributed by atoms with Gasteiger partial charge in [0.05, 0.1) is 12.0 Å². The van der Waals surface area contributed by atoms with E-state index in [4.69, 9.17) is 0 Å². The van der Waals surface area contributed by atoms with Crippen LogP contribution in [0, 0.1) is 5.41 Å². The van der Waals surface area contributed by atoms with Crippen molar-refractivity contribution in [3.8, 4) is 0 Å². The number of imidazole rings is 1. The van der Waals surface area contributed by atoms with Crippen LogP contribution in [0.15, 0.2) is 12.5 Å². The van der Waals surface area contributed by atoms with Crippen molar-refractivity contribution >= 4 is 0 Å². The molecular weight excluding hydrogens is 217 g/mol. The van der Waals surface area contributed by atoms with E-state index in [0.717, 1.165) is 32.5 Å². The van der Waals surface area contributed by atoms with Crippen molar-refractivity contribution in [2.24, 2.45) is 5.41 Å². The highest BCUT2D eigenvalue weighted by Crippen LogP contribution is 2.49. The van der Waals surface area contributed by atoms with Crippen LogP contribution < -0.4 is 0 Å². The maximum absolute atomic E-state index is 12.9. The first kappa shape index (κ1) is 11.2. The molecule has 17 heavy (non-hydrogen) atoms. The second-order valence-corrected chi connectivity index (χ2v) is 6.04. The minimum absolute atomic E-state index is 0.335. The summed E-state index contributed by atoms with van der Waals surface area (Å²) in [4.78, 5) is 6.62. The fourth-order valence-corrected chi connectivity index (χ4v) is 3.30. The first-order valence-electron chi connectivity index (χ1n) is 6.45. The molecule has 0 bridgehead atoms. The third-order valence-electron chi connectivity index (χ3n) is 4.12. The Morgan fingerprint density at radius 2 is 2.18 bits per heavy atom. The van der Waals surface area contributed by atoms with Crippen LogP contribution in [0.4, 0.5) is 4.39 Å². The molecule has 1 aromatic rings. The van der Waals surface area contributed by atoms with E-state index in [0.29, 0.717) is 11.5 Å². The molecule has 0 amide bonds. The second-order valence-electron chi connectivity index (χ2n) is 6.04. The molecule has 0 radical (unpaired) electrons. The number of alkyl halides is 1. The zero-order valence-electron chi connectivity index (χ0n) is 10.6. The largest absolute Gasteiger partial charge is 0.331 e. The summed E-state index contributed by atoms with van der Waals surface area (Å²) < 4.78 is 15.1. The van der Waals surface area contributed by atoms with E-state index in [9.17, 15) is 4.39 Å². The van der Waals surface area contributed by atoms with Gasteiger partial charge >= 0.3 is 0 Å². The van der Waals surface area contributed by atoms with Crippen LogP contribution in [0.25, 0.3) is 0 Å². The lowest BCUT2D eigenvalue weighted by Gasteiger charge is -2.57. The molecule has 4 heteroatoms. The fourth-order valence-electron chi connectivity index (χ4n) is 3.30. The van der Waals surface area contributed by atoms with Crippen LogP contribution in [0.1, 0.15) is 38.4 Å². The minimum atomic E-state index is -0.529. The van der Waals surface area contributed by atoms with E-state index in [-0.39, 0.29) is 0 Å². The van der Waals surface area contributed by atoms with Gasteiger partial charge in [-0.1, -0.05) is 0 Å². The molecule has 3 nitrogen and oxygen atoms in total. The van der Waals surface area contributed by atoms with Gasteiger partial charge in [0.15, 0.2) is 0 Å². The zero-order chi connectivity index (χ0) is 12.0.